The summed E-state index contributed by atoms with van der Waals surface area (Å²) in [6.07, 6.45) is 13.2. The molecule has 0 atom stereocenters. The van der Waals surface area contributed by atoms with Crippen molar-refractivity contribution in [2.75, 3.05) is 52.9 Å². The van der Waals surface area contributed by atoms with E-state index in [1.54, 1.807) is 0 Å². The van der Waals surface area contributed by atoms with Crippen molar-refractivity contribution in [3.8, 4) is 0 Å². The molecule has 0 saturated heterocycles. The molecule has 0 spiro atoms. The standard InChI is InChI=1S/4C8H19O4P.Th/c4*1-3-5-7-11-13(9,10)12-8-6-4-2;/h4*3-8H2,1-2H3,(H,9,10);/q;;;;+4/p-4. The Labute approximate surface area is 354 Å². The van der Waals surface area contributed by atoms with Crippen LogP contribution in [0.3, 0.4) is 0 Å². The molecule has 0 aliphatic rings. The largest absolute Gasteiger partial charge is 4.00 e. The molecule has 0 rings (SSSR count). The number of hydrogen-bond acceptors (Lipinski definition) is 16. The number of phosphoric ester groups is 4. The van der Waals surface area contributed by atoms with Crippen LogP contribution in [0.1, 0.15) is 158 Å². The molecule has 0 bridgehead atoms. The van der Waals surface area contributed by atoms with E-state index in [1.807, 2.05) is 55.4 Å². The fraction of sp³-hybridized carbons (Fsp3) is 1.00. The Morgan fingerprint density at radius 3 is 0.453 bits per heavy atom. The summed E-state index contributed by atoms with van der Waals surface area (Å²) in [7, 11) is -16.0. The van der Waals surface area contributed by atoms with Crippen molar-refractivity contribution < 1.29 is 114 Å². The number of hydrogen-bond donors (Lipinski definition) is 0. The van der Waals surface area contributed by atoms with Crippen molar-refractivity contribution in [3.63, 3.8) is 0 Å². The molecule has 0 aromatic carbocycles. The Hall–Kier alpha value is 1.76. The van der Waals surface area contributed by atoms with Crippen LogP contribution in [-0.4, -0.2) is 52.9 Å². The Kier molecular flexibility index (Phi) is 54.1. The SMILES string of the molecule is CCCCOP(=O)([O-])OCCCC.CCCCOP(=O)([O-])OCCCC.CCCCOP(=O)([O-])OCCCC.CCCCOP(=O)([O-])OCCCC.[Th+4]. The van der Waals surface area contributed by atoms with Gasteiger partial charge in [0.1, 0.15) is 0 Å². The fourth-order valence-electron chi connectivity index (χ4n) is 2.71. The molecule has 0 fully saturated rings. The first-order chi connectivity index (χ1) is 24.5. The third-order valence-corrected chi connectivity index (χ3v) is 9.97. The second-order valence-electron chi connectivity index (χ2n) is 11.3. The molecule has 53 heavy (non-hydrogen) atoms. The summed E-state index contributed by atoms with van der Waals surface area (Å²) in [6.45, 7) is 17.6. The van der Waals surface area contributed by atoms with Gasteiger partial charge in [-0.2, -0.15) is 0 Å². The predicted molar refractivity (Wildman–Crippen MR) is 197 cm³/mol. The number of phosphoric acid groups is 4. The molecule has 320 valence electrons. The van der Waals surface area contributed by atoms with Crippen molar-refractivity contribution in [2.24, 2.45) is 0 Å². The maximum Gasteiger partial charge on any atom is 4.00 e. The van der Waals surface area contributed by atoms with Crippen LogP contribution < -0.4 is 19.6 Å². The zero-order valence-electron chi connectivity index (χ0n) is 33.8. The van der Waals surface area contributed by atoms with E-state index in [1.165, 1.54) is 0 Å². The van der Waals surface area contributed by atoms with Gasteiger partial charge in [-0.1, -0.05) is 107 Å². The van der Waals surface area contributed by atoms with E-state index in [4.69, 9.17) is 0 Å². The van der Waals surface area contributed by atoms with Gasteiger partial charge in [0.2, 0.25) is 0 Å². The predicted octanol–water partition coefficient (Wildman–Crippen LogP) is 8.35. The first-order valence-corrected chi connectivity index (χ1v) is 24.7. The zero-order valence-corrected chi connectivity index (χ0v) is 41.5. The molecule has 0 N–H and O–H groups in total. The molecule has 0 heterocycles. The van der Waals surface area contributed by atoms with Crippen molar-refractivity contribution in [1.29, 1.82) is 0 Å². The van der Waals surface area contributed by atoms with Gasteiger partial charge in [0.15, 0.2) is 0 Å². The van der Waals surface area contributed by atoms with Crippen LogP contribution in [0.25, 0.3) is 0 Å². The Morgan fingerprint density at radius 2 is 0.377 bits per heavy atom. The van der Waals surface area contributed by atoms with Gasteiger partial charge >= 0.3 is 39.9 Å². The maximum absolute atomic E-state index is 11.0. The first kappa shape index (κ1) is 63.9. The fourth-order valence-corrected chi connectivity index (χ4v) is 5.83. The molecule has 0 aromatic rings. The van der Waals surface area contributed by atoms with Crippen molar-refractivity contribution >= 4 is 31.3 Å². The topological polar surface area (TPSA) is 234 Å². The van der Waals surface area contributed by atoms with Crippen LogP contribution in [0.4, 0.5) is 0 Å². The summed E-state index contributed by atoms with van der Waals surface area (Å²) in [6, 6.07) is 0. The third kappa shape index (κ3) is 58.2. The quantitative estimate of drug-likeness (QED) is 0.0455. The second-order valence-corrected chi connectivity index (χ2v) is 16.9. The molecule has 0 aliphatic carbocycles. The molecule has 0 aliphatic heterocycles. The zero-order chi connectivity index (χ0) is 40.6. The van der Waals surface area contributed by atoms with Gasteiger partial charge < -0.3 is 55.8 Å². The molecular weight excluding hydrogens is 996 g/mol. The Morgan fingerprint density at radius 1 is 0.283 bits per heavy atom. The van der Waals surface area contributed by atoms with Gasteiger partial charge in [-0.25, -0.2) is 0 Å². The number of rotatable bonds is 32. The van der Waals surface area contributed by atoms with E-state index in [2.05, 4.69) is 36.2 Å². The summed E-state index contributed by atoms with van der Waals surface area (Å²) in [4.78, 5) is 43.9. The van der Waals surface area contributed by atoms with E-state index < -0.39 is 31.3 Å². The smallest absolute Gasteiger partial charge is 0.756 e. The molecule has 0 aromatic heterocycles. The van der Waals surface area contributed by atoms with Crippen LogP contribution in [0.15, 0.2) is 0 Å². The molecule has 16 nitrogen and oxygen atoms in total. The summed E-state index contributed by atoms with van der Waals surface area (Å²) >= 11 is 0. The van der Waals surface area contributed by atoms with Crippen LogP contribution in [0.5, 0.6) is 0 Å². The van der Waals surface area contributed by atoms with Gasteiger partial charge in [0.05, 0.1) is 52.9 Å². The van der Waals surface area contributed by atoms with Crippen molar-refractivity contribution in [3.05, 3.63) is 0 Å². The monoisotopic (exact) mass is 1070 g/mol. The summed E-state index contributed by atoms with van der Waals surface area (Å²) in [5.41, 5.74) is 0. The normalized spacial score (nSPS) is 11.7. The Balaban J connectivity index is -0.000000192. The molecular formula is C32H72O16P4Th. The molecule has 0 saturated carbocycles. The maximum atomic E-state index is 11.0. The molecule has 21 heteroatoms. The van der Waals surface area contributed by atoms with Crippen LogP contribution >= 0.6 is 31.3 Å². The van der Waals surface area contributed by atoms with E-state index in [0.29, 0.717) is 0 Å². The van der Waals surface area contributed by atoms with Crippen LogP contribution in [-0.2, 0) is 54.5 Å². The number of unbranched alkanes of at least 4 members (excludes halogenated alkanes) is 8. The van der Waals surface area contributed by atoms with Gasteiger partial charge in [-0.05, 0) is 51.4 Å². The van der Waals surface area contributed by atoms with E-state index in [9.17, 15) is 37.8 Å². The van der Waals surface area contributed by atoms with E-state index in [0.717, 1.165) is 103 Å². The summed E-state index contributed by atoms with van der Waals surface area (Å²) in [5, 5.41) is 0. The van der Waals surface area contributed by atoms with Crippen molar-refractivity contribution in [2.45, 2.75) is 158 Å². The van der Waals surface area contributed by atoms with Gasteiger partial charge in [0.25, 0.3) is 31.3 Å². The van der Waals surface area contributed by atoms with Gasteiger partial charge in [-0.3, -0.25) is 18.3 Å². The molecule has 0 unspecified atom stereocenters. The second kappa shape index (κ2) is 44.9. The molecule has 0 amide bonds. The van der Waals surface area contributed by atoms with Gasteiger partial charge in [0, 0.05) is 0 Å². The first-order valence-electron chi connectivity index (χ1n) is 18.9. The van der Waals surface area contributed by atoms with E-state index in [-0.39, 0.29) is 92.8 Å². The summed E-state index contributed by atoms with van der Waals surface area (Å²) in [5.74, 6) is 0. The minimum Gasteiger partial charge on any atom is -0.756 e. The third-order valence-electron chi connectivity index (χ3n) is 5.98. The van der Waals surface area contributed by atoms with E-state index >= 15 is 0 Å². The summed E-state index contributed by atoms with van der Waals surface area (Å²) < 4.78 is 80.6. The molecule has 0 radical (unpaired) electrons. The Bertz CT molecular complexity index is 736. The minimum absolute atomic E-state index is 0. The average Bonchev–Trinajstić information content (AvgIpc) is 3.06. The van der Waals surface area contributed by atoms with Crippen molar-refractivity contribution in [1.82, 2.24) is 0 Å². The van der Waals surface area contributed by atoms with Crippen LogP contribution in [0, 0.1) is 39.9 Å². The average molecular weight is 1070 g/mol. The van der Waals surface area contributed by atoms with Crippen LogP contribution in [0.2, 0.25) is 0 Å². The minimum atomic E-state index is -4.00. The van der Waals surface area contributed by atoms with Gasteiger partial charge in [-0.15, -0.1) is 0 Å².